The van der Waals surface area contributed by atoms with E-state index >= 15 is 0 Å². The Morgan fingerprint density at radius 2 is 1.50 bits per heavy atom. The van der Waals surface area contributed by atoms with Gasteiger partial charge in [0.2, 0.25) is 0 Å². The lowest BCUT2D eigenvalue weighted by atomic mass is 9.83. The molecular formula is C29H45NP2. The molecule has 1 aromatic carbocycles. The Balaban J connectivity index is 2.71. The van der Waals surface area contributed by atoms with Crippen molar-refractivity contribution >= 4 is 32.5 Å². The van der Waals surface area contributed by atoms with E-state index in [1.165, 1.54) is 27.6 Å². The first-order valence-corrected chi connectivity index (χ1v) is 15.2. The van der Waals surface area contributed by atoms with Crippen LogP contribution in [0.2, 0.25) is 0 Å². The average Bonchev–Trinajstić information content (AvgIpc) is 2.64. The summed E-state index contributed by atoms with van der Waals surface area (Å²) in [5, 5.41) is 2.94. The normalized spacial score (nSPS) is 20.5. The molecule has 3 heteroatoms. The molecule has 0 amide bonds. The third-order valence-electron chi connectivity index (χ3n) is 6.09. The molecule has 32 heavy (non-hydrogen) atoms. The third-order valence-corrected chi connectivity index (χ3v) is 12.4. The van der Waals surface area contributed by atoms with E-state index in [9.17, 15) is 0 Å². The van der Waals surface area contributed by atoms with Gasteiger partial charge >= 0.3 is 0 Å². The molecule has 0 heterocycles. The Morgan fingerprint density at radius 3 is 2.00 bits per heavy atom. The van der Waals surface area contributed by atoms with Gasteiger partial charge in [-0.05, 0) is 59.5 Å². The lowest BCUT2D eigenvalue weighted by Crippen LogP contribution is -2.21. The maximum atomic E-state index is 5.41. The number of benzene rings is 1. The molecule has 1 atom stereocenters. The van der Waals surface area contributed by atoms with Gasteiger partial charge in [0, 0.05) is 10.7 Å². The molecule has 0 N–H and O–H groups in total. The first-order valence-electron chi connectivity index (χ1n) is 12.2. The molecule has 0 fully saturated rings. The van der Waals surface area contributed by atoms with Gasteiger partial charge in [-0.1, -0.05) is 108 Å². The molecule has 2 rings (SSSR count). The van der Waals surface area contributed by atoms with Gasteiger partial charge in [-0.3, -0.25) is 0 Å². The van der Waals surface area contributed by atoms with Crippen molar-refractivity contribution in [1.82, 2.24) is 0 Å². The SMILES string of the molecule is C=CC[C@]1(C)C=CC(=Nc2ccc(C)cc2P(C(C)C)C(C)C)C(P(C(C)C)C(C)C)=C1. The Hall–Kier alpha value is -1.03. The molecule has 0 saturated heterocycles. The van der Waals surface area contributed by atoms with Crippen LogP contribution in [0.1, 0.15) is 74.3 Å². The summed E-state index contributed by atoms with van der Waals surface area (Å²) < 4.78 is 0. The summed E-state index contributed by atoms with van der Waals surface area (Å²) in [5.74, 6) is 0. The topological polar surface area (TPSA) is 12.4 Å². The van der Waals surface area contributed by atoms with Crippen molar-refractivity contribution in [1.29, 1.82) is 0 Å². The number of rotatable bonds is 9. The molecule has 0 bridgehead atoms. The van der Waals surface area contributed by atoms with Crippen LogP contribution in [0.4, 0.5) is 5.69 Å². The van der Waals surface area contributed by atoms with Gasteiger partial charge in [0.15, 0.2) is 0 Å². The molecule has 1 aliphatic rings. The van der Waals surface area contributed by atoms with Crippen molar-refractivity contribution in [3.05, 3.63) is 60.0 Å². The van der Waals surface area contributed by atoms with Crippen molar-refractivity contribution in [3.63, 3.8) is 0 Å². The third kappa shape index (κ3) is 6.52. The molecular weight excluding hydrogens is 424 g/mol. The molecule has 0 radical (unpaired) electrons. The molecule has 0 unspecified atom stereocenters. The van der Waals surface area contributed by atoms with Crippen LogP contribution in [-0.4, -0.2) is 28.3 Å². The predicted molar refractivity (Wildman–Crippen MR) is 152 cm³/mol. The zero-order valence-electron chi connectivity index (χ0n) is 22.1. The monoisotopic (exact) mass is 469 g/mol. The molecule has 1 aliphatic carbocycles. The maximum absolute atomic E-state index is 5.41. The first kappa shape index (κ1) is 27.2. The smallest absolute Gasteiger partial charge is 0.0714 e. The van der Waals surface area contributed by atoms with Gasteiger partial charge in [-0.25, -0.2) is 4.99 Å². The highest BCUT2D eigenvalue weighted by Gasteiger charge is 2.31. The van der Waals surface area contributed by atoms with E-state index in [-0.39, 0.29) is 21.3 Å². The maximum Gasteiger partial charge on any atom is 0.0714 e. The van der Waals surface area contributed by atoms with E-state index < -0.39 is 0 Å². The second-order valence-electron chi connectivity index (χ2n) is 10.5. The summed E-state index contributed by atoms with van der Waals surface area (Å²) in [5.41, 5.74) is 6.24. The molecule has 1 aromatic rings. The van der Waals surface area contributed by atoms with E-state index in [4.69, 9.17) is 4.99 Å². The van der Waals surface area contributed by atoms with E-state index in [0.717, 1.165) is 6.42 Å². The van der Waals surface area contributed by atoms with Crippen LogP contribution in [0.3, 0.4) is 0 Å². The zero-order valence-corrected chi connectivity index (χ0v) is 23.9. The highest BCUT2D eigenvalue weighted by molar-refractivity contribution is 7.67. The number of hydrogen-bond donors (Lipinski definition) is 0. The number of hydrogen-bond acceptors (Lipinski definition) is 1. The Bertz CT molecular complexity index is 872. The quantitative estimate of drug-likeness (QED) is 0.252. The van der Waals surface area contributed by atoms with Crippen molar-refractivity contribution in [3.8, 4) is 0 Å². The standard InChI is InChI=1S/C29H45NP2/c1-12-16-29(11)17-15-26(28(19-29)32(22(6)7)23(8)9)30-25-14-13-24(10)18-27(25)31(20(2)3)21(4)5/h12-15,17-23H,1,16H2,2-11H3/t29-/m1/s1. The Labute approximate surface area is 201 Å². The largest absolute Gasteiger partial charge is 0.248 e. The predicted octanol–water partition coefficient (Wildman–Crippen LogP) is 9.33. The van der Waals surface area contributed by atoms with Crippen LogP contribution in [0, 0.1) is 12.3 Å². The Kier molecular flexibility index (Phi) is 9.70. The van der Waals surface area contributed by atoms with E-state index in [0.29, 0.717) is 22.6 Å². The fourth-order valence-corrected chi connectivity index (χ4v) is 11.1. The summed E-state index contributed by atoms with van der Waals surface area (Å²) in [7, 11) is -0.583. The molecule has 0 saturated carbocycles. The first-order chi connectivity index (χ1) is 14.9. The van der Waals surface area contributed by atoms with Crippen LogP contribution in [-0.2, 0) is 0 Å². The minimum atomic E-state index is -0.308. The number of nitrogens with zero attached hydrogens (tertiary/aromatic N) is 1. The lowest BCUT2D eigenvalue weighted by Gasteiger charge is -2.35. The fraction of sp³-hybridized carbons (Fsp3) is 0.552. The Morgan fingerprint density at radius 1 is 0.938 bits per heavy atom. The molecule has 1 nitrogen and oxygen atoms in total. The number of allylic oxidation sites excluding steroid dienone is 5. The number of aryl methyl sites for hydroxylation is 1. The van der Waals surface area contributed by atoms with E-state index in [1.54, 1.807) is 0 Å². The molecule has 0 aliphatic heterocycles. The zero-order chi connectivity index (χ0) is 24.2. The molecule has 0 spiro atoms. The van der Waals surface area contributed by atoms with Gasteiger partial charge in [0.1, 0.15) is 0 Å². The van der Waals surface area contributed by atoms with Crippen molar-refractivity contribution in [2.45, 2.75) is 98.3 Å². The van der Waals surface area contributed by atoms with Crippen molar-refractivity contribution in [2.24, 2.45) is 10.4 Å². The van der Waals surface area contributed by atoms with E-state index in [1.807, 2.05) is 6.08 Å². The van der Waals surface area contributed by atoms with Crippen LogP contribution >= 0.6 is 15.8 Å². The second kappa shape index (κ2) is 11.4. The lowest BCUT2D eigenvalue weighted by molar-refractivity contribution is 0.560. The van der Waals surface area contributed by atoms with Gasteiger partial charge < -0.3 is 0 Å². The van der Waals surface area contributed by atoms with E-state index in [2.05, 4.69) is 112 Å². The summed E-state index contributed by atoms with van der Waals surface area (Å²) in [6, 6.07) is 6.88. The second-order valence-corrected chi connectivity index (χ2v) is 17.3. The van der Waals surface area contributed by atoms with Crippen LogP contribution in [0.5, 0.6) is 0 Å². The minimum absolute atomic E-state index is 0.0268. The van der Waals surface area contributed by atoms with Gasteiger partial charge in [0.05, 0.1) is 11.4 Å². The highest BCUT2D eigenvalue weighted by Crippen LogP contribution is 2.57. The summed E-state index contributed by atoms with van der Waals surface area (Å²) >= 11 is 0. The minimum Gasteiger partial charge on any atom is -0.248 e. The fourth-order valence-electron chi connectivity index (χ4n) is 4.90. The highest BCUT2D eigenvalue weighted by atomic mass is 31.1. The van der Waals surface area contributed by atoms with Gasteiger partial charge in [-0.2, -0.15) is 0 Å². The van der Waals surface area contributed by atoms with Crippen LogP contribution in [0.15, 0.2) is 59.4 Å². The van der Waals surface area contributed by atoms with Crippen LogP contribution in [0.25, 0.3) is 0 Å². The number of aliphatic imine (C=N–C) groups is 1. The molecule has 0 aromatic heterocycles. The van der Waals surface area contributed by atoms with Crippen LogP contribution < -0.4 is 5.30 Å². The summed E-state index contributed by atoms with van der Waals surface area (Å²) in [6.45, 7) is 27.5. The average molecular weight is 470 g/mol. The molecule has 176 valence electrons. The van der Waals surface area contributed by atoms with Crippen molar-refractivity contribution < 1.29 is 0 Å². The van der Waals surface area contributed by atoms with Gasteiger partial charge in [-0.15, -0.1) is 6.58 Å². The van der Waals surface area contributed by atoms with Crippen molar-refractivity contribution in [2.75, 3.05) is 0 Å². The van der Waals surface area contributed by atoms with Gasteiger partial charge in [0.25, 0.3) is 0 Å². The summed E-state index contributed by atoms with van der Waals surface area (Å²) in [4.78, 5) is 5.41. The summed E-state index contributed by atoms with van der Waals surface area (Å²) in [6.07, 6.45) is 10.2.